The van der Waals surface area contributed by atoms with Gasteiger partial charge in [0.2, 0.25) is 11.8 Å². The van der Waals surface area contributed by atoms with Gasteiger partial charge in [-0.05, 0) is 97.8 Å². The number of carbonyl (C=O) groups is 3. The van der Waals surface area contributed by atoms with Crippen molar-refractivity contribution in [1.82, 2.24) is 15.5 Å². The van der Waals surface area contributed by atoms with Crippen LogP contribution in [0.3, 0.4) is 0 Å². The van der Waals surface area contributed by atoms with Gasteiger partial charge < -0.3 is 20.3 Å². The first kappa shape index (κ1) is 32.8. The van der Waals surface area contributed by atoms with Gasteiger partial charge in [0.05, 0.1) is 0 Å². The number of hydrogen-bond acceptors (Lipinski definition) is 5. The minimum atomic E-state index is -0.963. The van der Waals surface area contributed by atoms with Crippen LogP contribution in [0.25, 0.3) is 0 Å². The normalized spacial score (nSPS) is 14.5. The van der Waals surface area contributed by atoms with Crippen molar-refractivity contribution in [3.05, 3.63) is 34.9 Å². The molecule has 1 rings (SSSR count). The Balaban J connectivity index is 3.65. The maximum Gasteiger partial charge on any atom is 0.408 e. The molecule has 1 aromatic carbocycles. The predicted molar refractivity (Wildman–Crippen MR) is 154 cm³/mol. The van der Waals surface area contributed by atoms with Crippen LogP contribution in [0.1, 0.15) is 97.9 Å². The van der Waals surface area contributed by atoms with Crippen molar-refractivity contribution in [2.75, 3.05) is 5.75 Å². The van der Waals surface area contributed by atoms with Crippen molar-refractivity contribution in [3.63, 3.8) is 0 Å². The second kappa shape index (κ2) is 13.5. The molecule has 0 bridgehead atoms. The second-order valence-corrected chi connectivity index (χ2v) is 12.7. The maximum atomic E-state index is 14.2. The summed E-state index contributed by atoms with van der Waals surface area (Å²) in [4.78, 5) is 42.3. The van der Waals surface area contributed by atoms with E-state index in [2.05, 4.69) is 37.1 Å². The molecule has 0 spiro atoms. The first-order valence-electron chi connectivity index (χ1n) is 13.2. The second-order valence-electron chi connectivity index (χ2n) is 12.4. The Bertz CT molecular complexity index is 934. The standard InChI is InChI=1S/C29H49N3O4S/c1-18(2)15-16-20(4)32(26(34)23(17-37)30-27(35)36-29(9,10)11)24(25(33)31-28(6,7)8)22-14-12-13-19(3)21(22)5/h12-14,18,20,23-24,37H,15-17H2,1-11H3,(H,30,35)(H,31,33). The summed E-state index contributed by atoms with van der Waals surface area (Å²) >= 11 is 4.38. The first-order valence-corrected chi connectivity index (χ1v) is 13.8. The number of aryl methyl sites for hydroxylation is 1. The lowest BCUT2D eigenvalue weighted by Gasteiger charge is -2.40. The number of alkyl carbamates (subject to hydrolysis) is 1. The average molecular weight is 536 g/mol. The molecule has 1 aromatic rings. The van der Waals surface area contributed by atoms with Crippen molar-refractivity contribution in [3.8, 4) is 0 Å². The van der Waals surface area contributed by atoms with Crippen LogP contribution in [-0.4, -0.2) is 51.8 Å². The minimum absolute atomic E-state index is 0.0614. The van der Waals surface area contributed by atoms with Gasteiger partial charge in [-0.25, -0.2) is 4.79 Å². The average Bonchev–Trinajstić information content (AvgIpc) is 2.73. The molecule has 0 aromatic heterocycles. The number of ether oxygens (including phenoxy) is 1. The summed E-state index contributed by atoms with van der Waals surface area (Å²) in [5, 5.41) is 5.77. The summed E-state index contributed by atoms with van der Waals surface area (Å²) in [6, 6.07) is 3.69. The zero-order valence-electron chi connectivity index (χ0n) is 24.7. The number of nitrogens with one attached hydrogen (secondary N) is 2. The Morgan fingerprint density at radius 2 is 1.59 bits per heavy atom. The van der Waals surface area contributed by atoms with Gasteiger partial charge in [-0.2, -0.15) is 12.6 Å². The number of rotatable bonds is 10. The molecule has 0 saturated heterocycles. The van der Waals surface area contributed by atoms with Gasteiger partial charge in [-0.3, -0.25) is 9.59 Å². The van der Waals surface area contributed by atoms with Gasteiger partial charge in [-0.15, -0.1) is 0 Å². The van der Waals surface area contributed by atoms with Crippen LogP contribution in [-0.2, 0) is 14.3 Å². The fourth-order valence-corrected chi connectivity index (χ4v) is 4.30. The van der Waals surface area contributed by atoms with E-state index in [0.717, 1.165) is 23.1 Å². The monoisotopic (exact) mass is 535 g/mol. The molecule has 0 fully saturated rings. The molecule has 210 valence electrons. The van der Waals surface area contributed by atoms with Crippen LogP contribution < -0.4 is 10.6 Å². The molecule has 8 heteroatoms. The molecule has 0 heterocycles. The van der Waals surface area contributed by atoms with Crippen molar-refractivity contribution in [2.45, 2.75) is 118 Å². The first-order chi connectivity index (χ1) is 16.9. The predicted octanol–water partition coefficient (Wildman–Crippen LogP) is 5.74. The van der Waals surface area contributed by atoms with Crippen molar-refractivity contribution < 1.29 is 19.1 Å². The molecule has 0 saturated carbocycles. The summed E-state index contributed by atoms with van der Waals surface area (Å²) in [5.41, 5.74) is 1.54. The smallest absolute Gasteiger partial charge is 0.408 e. The van der Waals surface area contributed by atoms with Gasteiger partial charge in [0.1, 0.15) is 17.7 Å². The van der Waals surface area contributed by atoms with E-state index in [1.165, 1.54) is 0 Å². The lowest BCUT2D eigenvalue weighted by atomic mass is 9.92. The van der Waals surface area contributed by atoms with Crippen LogP contribution >= 0.6 is 12.6 Å². The number of nitrogens with zero attached hydrogens (tertiary/aromatic N) is 1. The van der Waals surface area contributed by atoms with E-state index < -0.39 is 29.3 Å². The third kappa shape index (κ3) is 10.6. The summed E-state index contributed by atoms with van der Waals surface area (Å²) in [6.45, 7) is 21.2. The topological polar surface area (TPSA) is 87.7 Å². The molecule has 3 amide bonds. The van der Waals surface area contributed by atoms with E-state index in [1.54, 1.807) is 25.7 Å². The Hall–Kier alpha value is -2.22. The lowest BCUT2D eigenvalue weighted by Crippen LogP contribution is -2.57. The van der Waals surface area contributed by atoms with Gasteiger partial charge >= 0.3 is 6.09 Å². The minimum Gasteiger partial charge on any atom is -0.444 e. The van der Waals surface area contributed by atoms with E-state index in [0.29, 0.717) is 12.3 Å². The van der Waals surface area contributed by atoms with E-state index in [1.807, 2.05) is 59.7 Å². The Labute approximate surface area is 229 Å². The Kier molecular flexibility index (Phi) is 12.0. The molecule has 0 radical (unpaired) electrons. The number of benzene rings is 1. The third-order valence-electron chi connectivity index (χ3n) is 6.03. The van der Waals surface area contributed by atoms with Crippen molar-refractivity contribution >= 4 is 30.5 Å². The summed E-state index contributed by atoms with van der Waals surface area (Å²) in [7, 11) is 0. The fraction of sp³-hybridized carbons (Fsp3) is 0.690. The molecule has 3 atom stereocenters. The quantitative estimate of drug-likeness (QED) is 0.334. The van der Waals surface area contributed by atoms with Gasteiger partial charge in [-0.1, -0.05) is 32.0 Å². The zero-order chi connectivity index (χ0) is 28.7. The number of hydrogen-bond donors (Lipinski definition) is 3. The van der Waals surface area contributed by atoms with Gasteiger partial charge in [0.15, 0.2) is 0 Å². The summed E-state index contributed by atoms with van der Waals surface area (Å²) < 4.78 is 5.40. The molecule has 0 aliphatic rings. The van der Waals surface area contributed by atoms with Gasteiger partial charge in [0, 0.05) is 17.3 Å². The van der Waals surface area contributed by atoms with E-state index in [-0.39, 0.29) is 23.6 Å². The van der Waals surface area contributed by atoms with Gasteiger partial charge in [0.25, 0.3) is 0 Å². The van der Waals surface area contributed by atoms with Crippen LogP contribution in [0.5, 0.6) is 0 Å². The van der Waals surface area contributed by atoms with Crippen molar-refractivity contribution in [2.24, 2.45) is 5.92 Å². The summed E-state index contributed by atoms with van der Waals surface area (Å²) in [6.07, 6.45) is 0.896. The SMILES string of the molecule is Cc1cccc(C(C(=O)NC(C)(C)C)N(C(=O)C(CS)NC(=O)OC(C)(C)C)C(C)CCC(C)C)c1C. The van der Waals surface area contributed by atoms with Crippen LogP contribution in [0.15, 0.2) is 18.2 Å². The molecule has 0 aliphatic heterocycles. The van der Waals surface area contributed by atoms with E-state index in [4.69, 9.17) is 4.74 Å². The molecule has 37 heavy (non-hydrogen) atoms. The number of carbonyl (C=O) groups excluding carboxylic acids is 3. The number of amides is 3. The zero-order valence-corrected chi connectivity index (χ0v) is 25.6. The highest BCUT2D eigenvalue weighted by Gasteiger charge is 2.40. The molecule has 0 aliphatic carbocycles. The lowest BCUT2D eigenvalue weighted by molar-refractivity contribution is -0.145. The van der Waals surface area contributed by atoms with E-state index in [9.17, 15) is 14.4 Å². The molecular formula is C29H49N3O4S. The third-order valence-corrected chi connectivity index (χ3v) is 6.39. The largest absolute Gasteiger partial charge is 0.444 e. The highest BCUT2D eigenvalue weighted by atomic mass is 32.1. The van der Waals surface area contributed by atoms with Crippen LogP contribution in [0, 0.1) is 19.8 Å². The van der Waals surface area contributed by atoms with E-state index >= 15 is 0 Å². The molecule has 2 N–H and O–H groups in total. The van der Waals surface area contributed by atoms with Crippen molar-refractivity contribution in [1.29, 1.82) is 0 Å². The van der Waals surface area contributed by atoms with Crippen LogP contribution in [0.4, 0.5) is 4.79 Å². The molecule has 7 nitrogen and oxygen atoms in total. The fourth-order valence-electron chi connectivity index (χ4n) is 4.05. The molecule has 3 unspecified atom stereocenters. The Morgan fingerprint density at radius 1 is 1.00 bits per heavy atom. The highest BCUT2D eigenvalue weighted by molar-refractivity contribution is 7.80. The van der Waals surface area contributed by atoms with Crippen LogP contribution in [0.2, 0.25) is 0 Å². The maximum absolute atomic E-state index is 14.2. The number of thiol groups is 1. The highest BCUT2D eigenvalue weighted by Crippen LogP contribution is 2.31. The molecular weight excluding hydrogens is 486 g/mol. The summed E-state index contributed by atoms with van der Waals surface area (Å²) in [5.74, 6) is -0.137. The Morgan fingerprint density at radius 3 is 2.08 bits per heavy atom.